The Hall–Kier alpha value is -1.66. The molecule has 3 rings (SSSR count). The van der Waals surface area contributed by atoms with Crippen LogP contribution in [0, 0.1) is 5.92 Å². The van der Waals surface area contributed by atoms with Gasteiger partial charge in [0.25, 0.3) is 5.91 Å². The highest BCUT2D eigenvalue weighted by atomic mass is 16.5. The molecule has 4 atom stereocenters. The minimum Gasteiger partial charge on any atom is -0.477 e. The fraction of sp³-hybridized carbons (Fsp3) is 0.625. The zero-order chi connectivity index (χ0) is 15.7. The molecule has 1 aromatic rings. The van der Waals surface area contributed by atoms with Crippen molar-refractivity contribution in [3.8, 4) is 5.88 Å². The van der Waals surface area contributed by atoms with Gasteiger partial charge in [-0.15, -0.1) is 0 Å². The molecule has 2 aliphatic rings. The molecule has 6 nitrogen and oxygen atoms in total. The molecular formula is C16H23N3O3. The topological polar surface area (TPSA) is 63.7 Å². The lowest BCUT2D eigenvalue weighted by molar-refractivity contribution is -0.0664. The van der Waals surface area contributed by atoms with Crippen molar-refractivity contribution in [2.45, 2.75) is 31.5 Å². The van der Waals surface area contributed by atoms with Gasteiger partial charge in [0.1, 0.15) is 5.56 Å². The average molecular weight is 305 g/mol. The predicted octanol–water partition coefficient (Wildman–Crippen LogP) is 0.928. The highest BCUT2D eigenvalue weighted by Crippen LogP contribution is 2.41. The summed E-state index contributed by atoms with van der Waals surface area (Å²) < 4.78 is 11.2. The second-order valence-corrected chi connectivity index (χ2v) is 6.03. The summed E-state index contributed by atoms with van der Waals surface area (Å²) in [6.45, 7) is 3.15. The lowest BCUT2D eigenvalue weighted by Crippen LogP contribution is -2.69. The number of amides is 1. The van der Waals surface area contributed by atoms with E-state index in [9.17, 15) is 4.79 Å². The van der Waals surface area contributed by atoms with Crippen molar-refractivity contribution in [3.63, 3.8) is 0 Å². The van der Waals surface area contributed by atoms with E-state index in [2.05, 4.69) is 15.2 Å². The first-order valence-electron chi connectivity index (χ1n) is 7.80. The van der Waals surface area contributed by atoms with Gasteiger partial charge < -0.3 is 19.7 Å². The summed E-state index contributed by atoms with van der Waals surface area (Å²) in [5, 5.41) is 3.15. The molecule has 6 heteroatoms. The second kappa shape index (κ2) is 6.22. The number of carbonyl (C=O) groups excluding carboxylic acids is 1. The molecule has 2 heterocycles. The first kappa shape index (κ1) is 15.2. The number of nitrogens with zero attached hydrogens (tertiary/aromatic N) is 2. The summed E-state index contributed by atoms with van der Waals surface area (Å²) in [4.78, 5) is 18.9. The minimum atomic E-state index is -0.126. The van der Waals surface area contributed by atoms with Crippen LogP contribution in [0.3, 0.4) is 0 Å². The van der Waals surface area contributed by atoms with Gasteiger partial charge in [-0.25, -0.2) is 4.98 Å². The quantitative estimate of drug-likeness (QED) is 0.877. The number of fused-ring (bicyclic) bond motifs is 1. The lowest BCUT2D eigenvalue weighted by atomic mass is 9.71. The maximum atomic E-state index is 12.6. The van der Waals surface area contributed by atoms with E-state index in [1.165, 1.54) is 0 Å². The van der Waals surface area contributed by atoms with Crippen LogP contribution in [-0.4, -0.2) is 61.3 Å². The van der Waals surface area contributed by atoms with Crippen LogP contribution in [0.15, 0.2) is 18.3 Å². The van der Waals surface area contributed by atoms with Gasteiger partial charge in [-0.05, 0) is 39.6 Å². The molecule has 0 radical (unpaired) electrons. The van der Waals surface area contributed by atoms with Crippen LogP contribution in [0.25, 0.3) is 0 Å². The molecule has 1 aliphatic carbocycles. The van der Waals surface area contributed by atoms with Crippen LogP contribution < -0.4 is 10.1 Å². The van der Waals surface area contributed by atoms with Gasteiger partial charge in [-0.1, -0.05) is 0 Å². The SMILES string of the molecule is CCOc1ncccc1C(=O)N[C@H]1[C@H]2CCO[C@H]2[C@@H]1N(C)C. The summed E-state index contributed by atoms with van der Waals surface area (Å²) in [5.41, 5.74) is 0.490. The molecule has 1 saturated heterocycles. The molecule has 0 spiro atoms. The Kier molecular flexibility index (Phi) is 4.31. The molecule has 1 aromatic heterocycles. The number of ether oxygens (including phenoxy) is 2. The molecule has 120 valence electrons. The monoisotopic (exact) mass is 305 g/mol. The van der Waals surface area contributed by atoms with Gasteiger partial charge in [-0.3, -0.25) is 4.79 Å². The number of hydrogen-bond donors (Lipinski definition) is 1. The third-order valence-electron chi connectivity index (χ3n) is 4.54. The first-order valence-corrected chi connectivity index (χ1v) is 7.80. The number of hydrogen-bond acceptors (Lipinski definition) is 5. The van der Waals surface area contributed by atoms with Crippen LogP contribution in [0.5, 0.6) is 5.88 Å². The van der Waals surface area contributed by atoms with Crippen LogP contribution in [0.1, 0.15) is 23.7 Å². The first-order chi connectivity index (χ1) is 10.6. The van der Waals surface area contributed by atoms with Crippen molar-refractivity contribution in [3.05, 3.63) is 23.9 Å². The number of carbonyl (C=O) groups is 1. The van der Waals surface area contributed by atoms with Gasteiger partial charge in [0.2, 0.25) is 5.88 Å². The lowest BCUT2D eigenvalue weighted by Gasteiger charge is -2.50. The average Bonchev–Trinajstić information content (AvgIpc) is 2.88. The molecule has 1 saturated carbocycles. The fourth-order valence-electron chi connectivity index (χ4n) is 3.53. The van der Waals surface area contributed by atoms with E-state index in [4.69, 9.17) is 9.47 Å². The molecule has 22 heavy (non-hydrogen) atoms. The van der Waals surface area contributed by atoms with E-state index in [0.717, 1.165) is 13.0 Å². The Morgan fingerprint density at radius 2 is 2.36 bits per heavy atom. The number of pyridine rings is 1. The van der Waals surface area contributed by atoms with Gasteiger partial charge in [-0.2, -0.15) is 0 Å². The predicted molar refractivity (Wildman–Crippen MR) is 82.0 cm³/mol. The summed E-state index contributed by atoms with van der Waals surface area (Å²) in [7, 11) is 4.05. The number of rotatable bonds is 5. The van der Waals surface area contributed by atoms with Gasteiger partial charge in [0.15, 0.2) is 0 Å². The Morgan fingerprint density at radius 3 is 3.09 bits per heavy atom. The number of aromatic nitrogens is 1. The highest BCUT2D eigenvalue weighted by Gasteiger charge is 2.55. The van der Waals surface area contributed by atoms with E-state index >= 15 is 0 Å². The molecule has 0 aromatic carbocycles. The standard InChI is InChI=1S/C16H23N3O3/c1-4-21-16-11(6-5-8-17-16)15(20)18-12-10-7-9-22-14(10)13(12)19(2)3/h5-6,8,10,12-14H,4,7,9H2,1-3H3,(H,18,20)/t10-,12+,13-,14-/m1/s1. The molecule has 1 aliphatic heterocycles. The number of likely N-dealkylation sites (N-methyl/N-ethyl adjacent to an activating group) is 1. The highest BCUT2D eigenvalue weighted by molar-refractivity contribution is 5.96. The van der Waals surface area contributed by atoms with E-state index in [1.807, 2.05) is 21.0 Å². The molecule has 1 N–H and O–H groups in total. The third-order valence-corrected chi connectivity index (χ3v) is 4.54. The zero-order valence-electron chi connectivity index (χ0n) is 13.3. The van der Waals surface area contributed by atoms with E-state index in [-0.39, 0.29) is 24.1 Å². The number of nitrogens with one attached hydrogen (secondary N) is 1. The van der Waals surface area contributed by atoms with Gasteiger partial charge in [0, 0.05) is 18.7 Å². The van der Waals surface area contributed by atoms with Crippen LogP contribution in [0.2, 0.25) is 0 Å². The van der Waals surface area contributed by atoms with Crippen LogP contribution in [0.4, 0.5) is 0 Å². The second-order valence-electron chi connectivity index (χ2n) is 6.03. The summed E-state index contributed by atoms with van der Waals surface area (Å²) in [6.07, 6.45) is 2.88. The molecular weight excluding hydrogens is 282 g/mol. The van der Waals surface area contributed by atoms with Crippen molar-refractivity contribution in [1.82, 2.24) is 15.2 Å². The van der Waals surface area contributed by atoms with E-state index in [1.54, 1.807) is 18.3 Å². The molecule has 0 bridgehead atoms. The zero-order valence-corrected chi connectivity index (χ0v) is 13.3. The van der Waals surface area contributed by atoms with E-state index < -0.39 is 0 Å². The molecule has 0 unspecified atom stereocenters. The largest absolute Gasteiger partial charge is 0.477 e. The van der Waals surface area contributed by atoms with E-state index in [0.29, 0.717) is 24.0 Å². The Morgan fingerprint density at radius 1 is 1.55 bits per heavy atom. The van der Waals surface area contributed by atoms with Crippen molar-refractivity contribution >= 4 is 5.91 Å². The van der Waals surface area contributed by atoms with Crippen molar-refractivity contribution in [1.29, 1.82) is 0 Å². The third kappa shape index (κ3) is 2.57. The molecule has 1 amide bonds. The summed E-state index contributed by atoms with van der Waals surface area (Å²) in [5.74, 6) is 0.671. The van der Waals surface area contributed by atoms with Crippen LogP contribution in [-0.2, 0) is 4.74 Å². The Balaban J connectivity index is 1.74. The maximum Gasteiger partial charge on any atom is 0.257 e. The van der Waals surface area contributed by atoms with Crippen molar-refractivity contribution in [2.24, 2.45) is 5.92 Å². The summed E-state index contributed by atoms with van der Waals surface area (Å²) >= 11 is 0. The van der Waals surface area contributed by atoms with Crippen LogP contribution >= 0.6 is 0 Å². The molecule has 2 fully saturated rings. The smallest absolute Gasteiger partial charge is 0.257 e. The van der Waals surface area contributed by atoms with Crippen molar-refractivity contribution in [2.75, 3.05) is 27.3 Å². The Labute approximate surface area is 130 Å². The Bertz CT molecular complexity index is 549. The maximum absolute atomic E-state index is 12.6. The van der Waals surface area contributed by atoms with Gasteiger partial charge in [0.05, 0.1) is 24.8 Å². The minimum absolute atomic E-state index is 0.115. The van der Waals surface area contributed by atoms with Gasteiger partial charge >= 0.3 is 0 Å². The fourth-order valence-corrected chi connectivity index (χ4v) is 3.53. The summed E-state index contributed by atoms with van der Waals surface area (Å²) in [6, 6.07) is 3.84. The van der Waals surface area contributed by atoms with Crippen molar-refractivity contribution < 1.29 is 14.3 Å². The normalized spacial score (nSPS) is 29.8.